The quantitative estimate of drug-likeness (QED) is 0.427. The SMILES string of the molecule is CCN(CC)CCCCN(CCC(=O)OC)C(=O)C1CCCO1. The van der Waals surface area contributed by atoms with Gasteiger partial charge in [0.05, 0.1) is 13.5 Å². The Kier molecular flexibility index (Phi) is 9.87. The van der Waals surface area contributed by atoms with Crippen molar-refractivity contribution < 1.29 is 19.1 Å². The fraction of sp³-hybridized carbons (Fsp3) is 0.882. The summed E-state index contributed by atoms with van der Waals surface area (Å²) in [5.41, 5.74) is 0. The van der Waals surface area contributed by atoms with Crippen LogP contribution in [0.4, 0.5) is 0 Å². The number of carbonyl (C=O) groups is 2. The first-order chi connectivity index (χ1) is 11.1. The van der Waals surface area contributed by atoms with Crippen LogP contribution in [0.2, 0.25) is 0 Å². The molecule has 0 aromatic heterocycles. The molecule has 1 aliphatic heterocycles. The molecular formula is C17H32N2O4. The van der Waals surface area contributed by atoms with Gasteiger partial charge in [-0.15, -0.1) is 0 Å². The van der Waals surface area contributed by atoms with Gasteiger partial charge in [-0.3, -0.25) is 9.59 Å². The number of ether oxygens (including phenoxy) is 2. The van der Waals surface area contributed by atoms with Crippen LogP contribution < -0.4 is 0 Å². The van der Waals surface area contributed by atoms with Gasteiger partial charge < -0.3 is 19.3 Å². The number of amides is 1. The minimum Gasteiger partial charge on any atom is -0.469 e. The minimum atomic E-state index is -0.324. The zero-order chi connectivity index (χ0) is 17.1. The molecule has 1 amide bonds. The molecule has 134 valence electrons. The average molecular weight is 328 g/mol. The molecule has 0 radical (unpaired) electrons. The van der Waals surface area contributed by atoms with Crippen LogP contribution in [-0.2, 0) is 19.1 Å². The molecule has 0 N–H and O–H groups in total. The Labute approximate surface area is 140 Å². The summed E-state index contributed by atoms with van der Waals surface area (Å²) in [6, 6.07) is 0. The van der Waals surface area contributed by atoms with Gasteiger partial charge in [0.25, 0.3) is 5.91 Å². The number of esters is 1. The molecule has 0 aromatic rings. The van der Waals surface area contributed by atoms with Gasteiger partial charge in [0.2, 0.25) is 0 Å². The number of hydrogen-bond donors (Lipinski definition) is 0. The molecule has 0 saturated carbocycles. The molecule has 0 spiro atoms. The largest absolute Gasteiger partial charge is 0.469 e. The summed E-state index contributed by atoms with van der Waals surface area (Å²) in [7, 11) is 1.37. The fourth-order valence-corrected chi connectivity index (χ4v) is 2.81. The maximum Gasteiger partial charge on any atom is 0.307 e. The second-order valence-corrected chi connectivity index (χ2v) is 5.89. The average Bonchev–Trinajstić information content (AvgIpc) is 3.11. The van der Waals surface area contributed by atoms with E-state index in [0.29, 0.717) is 19.7 Å². The van der Waals surface area contributed by atoms with Crippen molar-refractivity contribution in [1.29, 1.82) is 0 Å². The number of methoxy groups -OCH3 is 1. The van der Waals surface area contributed by atoms with Crippen LogP contribution in [0, 0.1) is 0 Å². The normalized spacial score (nSPS) is 17.5. The Bertz CT molecular complexity index is 353. The molecule has 6 heteroatoms. The summed E-state index contributed by atoms with van der Waals surface area (Å²) in [6.07, 6.45) is 3.63. The number of unbranched alkanes of at least 4 members (excludes halogenated alkanes) is 1. The van der Waals surface area contributed by atoms with E-state index in [4.69, 9.17) is 4.74 Å². The molecule has 1 unspecified atom stereocenters. The highest BCUT2D eigenvalue weighted by Gasteiger charge is 2.28. The number of hydrogen-bond acceptors (Lipinski definition) is 5. The summed E-state index contributed by atoms with van der Waals surface area (Å²) in [5.74, 6) is -0.257. The second kappa shape index (κ2) is 11.4. The van der Waals surface area contributed by atoms with Gasteiger partial charge in [0.15, 0.2) is 0 Å². The third kappa shape index (κ3) is 7.31. The van der Waals surface area contributed by atoms with Crippen LogP contribution >= 0.6 is 0 Å². The van der Waals surface area contributed by atoms with E-state index in [2.05, 4.69) is 23.5 Å². The van der Waals surface area contributed by atoms with E-state index < -0.39 is 0 Å². The van der Waals surface area contributed by atoms with Crippen LogP contribution in [0.25, 0.3) is 0 Å². The van der Waals surface area contributed by atoms with Gasteiger partial charge in [0, 0.05) is 19.7 Å². The van der Waals surface area contributed by atoms with Crippen molar-refractivity contribution in [2.24, 2.45) is 0 Å². The Hall–Kier alpha value is -1.14. The van der Waals surface area contributed by atoms with Crippen molar-refractivity contribution >= 4 is 11.9 Å². The summed E-state index contributed by atoms with van der Waals surface area (Å²) in [6.45, 7) is 9.22. The van der Waals surface area contributed by atoms with Crippen molar-refractivity contribution in [1.82, 2.24) is 9.80 Å². The highest BCUT2D eigenvalue weighted by molar-refractivity contribution is 5.81. The standard InChI is InChI=1S/C17H32N2O4/c1-4-18(5-2)11-6-7-12-19(13-10-16(20)22-3)17(21)15-9-8-14-23-15/h15H,4-14H2,1-3H3. The smallest absolute Gasteiger partial charge is 0.307 e. The molecule has 1 atom stereocenters. The lowest BCUT2D eigenvalue weighted by molar-refractivity contribution is -0.144. The van der Waals surface area contributed by atoms with Crippen molar-refractivity contribution in [3.8, 4) is 0 Å². The van der Waals surface area contributed by atoms with Crippen LogP contribution in [0.3, 0.4) is 0 Å². The molecule has 1 saturated heterocycles. The van der Waals surface area contributed by atoms with E-state index >= 15 is 0 Å². The van der Waals surface area contributed by atoms with Gasteiger partial charge in [-0.05, 0) is 45.3 Å². The van der Waals surface area contributed by atoms with Crippen LogP contribution in [0.15, 0.2) is 0 Å². The van der Waals surface area contributed by atoms with E-state index in [1.54, 1.807) is 4.90 Å². The summed E-state index contributed by atoms with van der Waals surface area (Å²) < 4.78 is 10.2. The third-order valence-electron chi connectivity index (χ3n) is 4.38. The topological polar surface area (TPSA) is 59.1 Å². The highest BCUT2D eigenvalue weighted by Crippen LogP contribution is 2.15. The zero-order valence-electron chi connectivity index (χ0n) is 14.9. The Morgan fingerprint density at radius 2 is 1.83 bits per heavy atom. The van der Waals surface area contributed by atoms with Crippen LogP contribution in [-0.4, -0.2) is 74.2 Å². The van der Waals surface area contributed by atoms with E-state index in [0.717, 1.165) is 45.3 Å². The predicted octanol–water partition coefficient (Wildman–Crippen LogP) is 1.68. The minimum absolute atomic E-state index is 0.0224. The maximum absolute atomic E-state index is 12.5. The van der Waals surface area contributed by atoms with E-state index in [-0.39, 0.29) is 24.4 Å². The molecule has 1 aliphatic rings. The predicted molar refractivity (Wildman–Crippen MR) is 89.2 cm³/mol. The van der Waals surface area contributed by atoms with Crippen molar-refractivity contribution in [3.05, 3.63) is 0 Å². The molecule has 0 aliphatic carbocycles. The van der Waals surface area contributed by atoms with Crippen molar-refractivity contribution in [2.45, 2.75) is 52.1 Å². The Morgan fingerprint density at radius 1 is 1.13 bits per heavy atom. The number of rotatable bonds is 11. The molecule has 1 fully saturated rings. The first-order valence-electron chi connectivity index (χ1n) is 8.81. The van der Waals surface area contributed by atoms with Gasteiger partial charge >= 0.3 is 5.97 Å². The Balaban J connectivity index is 2.43. The summed E-state index contributed by atoms with van der Waals surface area (Å²) in [4.78, 5) is 28.0. The molecule has 6 nitrogen and oxygen atoms in total. The molecule has 1 heterocycles. The molecule has 23 heavy (non-hydrogen) atoms. The fourth-order valence-electron chi connectivity index (χ4n) is 2.81. The van der Waals surface area contributed by atoms with Crippen molar-refractivity contribution in [2.75, 3.05) is 46.4 Å². The maximum atomic E-state index is 12.5. The van der Waals surface area contributed by atoms with E-state index in [1.807, 2.05) is 0 Å². The monoisotopic (exact) mass is 328 g/mol. The molecular weight excluding hydrogens is 296 g/mol. The van der Waals surface area contributed by atoms with Gasteiger partial charge in [-0.2, -0.15) is 0 Å². The highest BCUT2D eigenvalue weighted by atomic mass is 16.5. The lowest BCUT2D eigenvalue weighted by Crippen LogP contribution is -2.41. The molecule has 1 rings (SSSR count). The Morgan fingerprint density at radius 3 is 2.39 bits per heavy atom. The summed E-state index contributed by atoms with van der Waals surface area (Å²) in [5, 5.41) is 0. The summed E-state index contributed by atoms with van der Waals surface area (Å²) >= 11 is 0. The first kappa shape index (κ1) is 19.9. The third-order valence-corrected chi connectivity index (χ3v) is 4.38. The lowest BCUT2D eigenvalue weighted by Gasteiger charge is -2.25. The van der Waals surface area contributed by atoms with E-state index in [1.165, 1.54) is 7.11 Å². The van der Waals surface area contributed by atoms with E-state index in [9.17, 15) is 9.59 Å². The molecule has 0 aromatic carbocycles. The van der Waals surface area contributed by atoms with Crippen LogP contribution in [0.5, 0.6) is 0 Å². The second-order valence-electron chi connectivity index (χ2n) is 5.89. The van der Waals surface area contributed by atoms with Gasteiger partial charge in [0.1, 0.15) is 6.10 Å². The first-order valence-corrected chi connectivity index (χ1v) is 8.81. The molecule has 0 bridgehead atoms. The number of nitrogens with zero attached hydrogens (tertiary/aromatic N) is 2. The van der Waals surface area contributed by atoms with Gasteiger partial charge in [-0.1, -0.05) is 13.8 Å². The lowest BCUT2D eigenvalue weighted by atomic mass is 10.2. The zero-order valence-corrected chi connectivity index (χ0v) is 14.9. The van der Waals surface area contributed by atoms with Gasteiger partial charge in [-0.25, -0.2) is 0 Å². The van der Waals surface area contributed by atoms with Crippen molar-refractivity contribution in [3.63, 3.8) is 0 Å². The number of carbonyl (C=O) groups excluding carboxylic acids is 2. The van der Waals surface area contributed by atoms with Crippen LogP contribution in [0.1, 0.15) is 46.0 Å².